The Hall–Kier alpha value is -0.0400. The molecule has 2 saturated heterocycles. The van der Waals surface area contributed by atoms with Gasteiger partial charge in [-0.3, -0.25) is 0 Å². The molecule has 2 fully saturated rings. The maximum absolute atomic E-state index is 5.81. The molecule has 0 aliphatic carbocycles. The summed E-state index contributed by atoms with van der Waals surface area (Å²) in [5.41, 5.74) is 0.458. The summed E-state index contributed by atoms with van der Waals surface area (Å²) in [6.45, 7) is 7.01. The van der Waals surface area contributed by atoms with Crippen molar-refractivity contribution in [3.8, 4) is 0 Å². The van der Waals surface area contributed by atoms with Crippen molar-refractivity contribution in [2.75, 3.05) is 0 Å². The Morgan fingerprint density at radius 1 is 1.18 bits per heavy atom. The molecule has 2 aliphatic heterocycles. The maximum Gasteiger partial charge on any atom is 0.0613 e. The second kappa shape index (κ2) is 2.22. The molecule has 2 aliphatic rings. The minimum atomic E-state index is 0.458. The summed E-state index contributed by atoms with van der Waals surface area (Å²) in [5.74, 6) is 0.821. The third-order valence-electron chi connectivity index (χ3n) is 3.22. The molecule has 1 heteroatoms. The van der Waals surface area contributed by atoms with Crippen molar-refractivity contribution in [1.82, 2.24) is 0 Å². The second-order valence-corrected chi connectivity index (χ2v) is 5.08. The normalized spacial score (nSPS) is 43.4. The first-order valence-corrected chi connectivity index (χ1v) is 4.73. The molecule has 0 radical (unpaired) electrons. The van der Waals surface area contributed by atoms with Crippen LogP contribution in [0.25, 0.3) is 0 Å². The van der Waals surface area contributed by atoms with Gasteiger partial charge in [0.05, 0.1) is 12.2 Å². The van der Waals surface area contributed by atoms with Crippen molar-refractivity contribution in [1.29, 1.82) is 0 Å². The summed E-state index contributed by atoms with van der Waals surface area (Å²) in [5, 5.41) is 0. The zero-order chi connectivity index (χ0) is 8.06. The van der Waals surface area contributed by atoms with Crippen molar-refractivity contribution >= 4 is 0 Å². The number of ether oxygens (including phenoxy) is 1. The number of rotatable bonds is 0. The third-order valence-corrected chi connectivity index (χ3v) is 3.22. The van der Waals surface area contributed by atoms with Crippen molar-refractivity contribution in [3.05, 3.63) is 0 Å². The van der Waals surface area contributed by atoms with Gasteiger partial charge in [0.15, 0.2) is 0 Å². The minimum absolute atomic E-state index is 0.458. The van der Waals surface area contributed by atoms with E-state index in [9.17, 15) is 0 Å². The number of fused-ring (bicyclic) bond motifs is 2. The summed E-state index contributed by atoms with van der Waals surface area (Å²) in [7, 11) is 0. The van der Waals surface area contributed by atoms with Crippen LogP contribution >= 0.6 is 0 Å². The van der Waals surface area contributed by atoms with Crippen LogP contribution in [-0.2, 0) is 4.74 Å². The van der Waals surface area contributed by atoms with E-state index in [1.165, 1.54) is 19.3 Å². The van der Waals surface area contributed by atoms with Crippen molar-refractivity contribution in [2.24, 2.45) is 11.3 Å². The molecule has 0 saturated carbocycles. The van der Waals surface area contributed by atoms with Gasteiger partial charge in [-0.1, -0.05) is 20.8 Å². The number of hydrogen-bond donors (Lipinski definition) is 0. The fraction of sp³-hybridized carbons (Fsp3) is 1.00. The topological polar surface area (TPSA) is 9.23 Å². The Labute approximate surface area is 69.1 Å². The molecule has 0 aromatic carbocycles. The fourth-order valence-electron chi connectivity index (χ4n) is 2.55. The summed E-state index contributed by atoms with van der Waals surface area (Å²) in [6, 6.07) is 0. The van der Waals surface area contributed by atoms with Gasteiger partial charge in [-0.05, 0) is 30.6 Å². The molecule has 64 valence electrons. The number of hydrogen-bond acceptors (Lipinski definition) is 1. The van der Waals surface area contributed by atoms with Gasteiger partial charge in [0.25, 0.3) is 0 Å². The first kappa shape index (κ1) is 7.60. The van der Waals surface area contributed by atoms with Crippen molar-refractivity contribution < 1.29 is 4.74 Å². The molecule has 2 rings (SSSR count). The van der Waals surface area contributed by atoms with Gasteiger partial charge in [0, 0.05) is 0 Å². The Kier molecular flexibility index (Phi) is 1.54. The highest BCUT2D eigenvalue weighted by Crippen LogP contribution is 2.46. The van der Waals surface area contributed by atoms with E-state index in [1.54, 1.807) is 0 Å². The molecule has 0 aromatic heterocycles. The summed E-state index contributed by atoms with van der Waals surface area (Å²) in [4.78, 5) is 0. The van der Waals surface area contributed by atoms with E-state index in [-0.39, 0.29) is 0 Å². The maximum atomic E-state index is 5.81. The minimum Gasteiger partial charge on any atom is -0.375 e. The Balaban J connectivity index is 2.08. The molecule has 0 amide bonds. The third kappa shape index (κ3) is 1.20. The quantitative estimate of drug-likeness (QED) is 0.521. The molecule has 1 nitrogen and oxygen atoms in total. The molecule has 2 bridgehead atoms. The monoisotopic (exact) mass is 154 g/mol. The van der Waals surface area contributed by atoms with E-state index >= 15 is 0 Å². The molecule has 11 heavy (non-hydrogen) atoms. The van der Waals surface area contributed by atoms with Gasteiger partial charge < -0.3 is 4.74 Å². The van der Waals surface area contributed by atoms with E-state index in [0.717, 1.165) is 5.92 Å². The lowest BCUT2D eigenvalue weighted by atomic mass is 9.72. The zero-order valence-electron chi connectivity index (χ0n) is 7.76. The second-order valence-electron chi connectivity index (χ2n) is 5.08. The predicted molar refractivity (Wildman–Crippen MR) is 45.5 cm³/mol. The Bertz CT molecular complexity index is 157. The largest absolute Gasteiger partial charge is 0.375 e. The van der Waals surface area contributed by atoms with E-state index in [2.05, 4.69) is 20.8 Å². The summed E-state index contributed by atoms with van der Waals surface area (Å²) < 4.78 is 5.81. The lowest BCUT2D eigenvalue weighted by molar-refractivity contribution is 0.0685. The highest BCUT2D eigenvalue weighted by molar-refractivity contribution is 4.94. The van der Waals surface area contributed by atoms with Gasteiger partial charge in [-0.15, -0.1) is 0 Å². The summed E-state index contributed by atoms with van der Waals surface area (Å²) >= 11 is 0. The van der Waals surface area contributed by atoms with Gasteiger partial charge in [-0.2, -0.15) is 0 Å². The predicted octanol–water partition coefficient (Wildman–Crippen LogP) is 2.60. The Morgan fingerprint density at radius 2 is 1.91 bits per heavy atom. The molecule has 3 atom stereocenters. The highest BCUT2D eigenvalue weighted by atomic mass is 16.5. The average molecular weight is 154 g/mol. The lowest BCUT2D eigenvalue weighted by Crippen LogP contribution is -2.29. The van der Waals surface area contributed by atoms with E-state index in [0.29, 0.717) is 17.6 Å². The molecular weight excluding hydrogens is 136 g/mol. The Morgan fingerprint density at radius 3 is 2.18 bits per heavy atom. The first-order valence-electron chi connectivity index (χ1n) is 4.73. The van der Waals surface area contributed by atoms with E-state index in [4.69, 9.17) is 4.74 Å². The molecule has 3 unspecified atom stereocenters. The van der Waals surface area contributed by atoms with Gasteiger partial charge in [0.1, 0.15) is 0 Å². The molecular formula is C10H18O. The molecule has 0 spiro atoms. The fourth-order valence-corrected chi connectivity index (χ4v) is 2.55. The van der Waals surface area contributed by atoms with Crippen LogP contribution in [0, 0.1) is 11.3 Å². The molecule has 0 N–H and O–H groups in total. The van der Waals surface area contributed by atoms with Crippen LogP contribution in [0.5, 0.6) is 0 Å². The van der Waals surface area contributed by atoms with Crippen LogP contribution < -0.4 is 0 Å². The van der Waals surface area contributed by atoms with E-state index < -0.39 is 0 Å². The molecule has 2 heterocycles. The molecule has 0 aromatic rings. The SMILES string of the molecule is CC(C)(C)C1CC2CCC1O2. The summed E-state index contributed by atoms with van der Waals surface area (Å²) in [6.07, 6.45) is 5.15. The average Bonchev–Trinajstić information content (AvgIpc) is 2.42. The smallest absolute Gasteiger partial charge is 0.0613 e. The van der Waals surface area contributed by atoms with Crippen LogP contribution in [0.4, 0.5) is 0 Å². The lowest BCUT2D eigenvalue weighted by Gasteiger charge is -2.31. The van der Waals surface area contributed by atoms with Gasteiger partial charge in [0.2, 0.25) is 0 Å². The van der Waals surface area contributed by atoms with Crippen LogP contribution in [0.3, 0.4) is 0 Å². The zero-order valence-corrected chi connectivity index (χ0v) is 7.76. The van der Waals surface area contributed by atoms with Gasteiger partial charge in [-0.25, -0.2) is 0 Å². The van der Waals surface area contributed by atoms with Crippen LogP contribution in [0.15, 0.2) is 0 Å². The van der Waals surface area contributed by atoms with E-state index in [1.807, 2.05) is 0 Å². The van der Waals surface area contributed by atoms with Crippen LogP contribution in [-0.4, -0.2) is 12.2 Å². The standard InChI is InChI=1S/C10H18O/c1-10(2,3)8-6-7-4-5-9(8)11-7/h7-9H,4-6H2,1-3H3. The first-order chi connectivity index (χ1) is 5.07. The van der Waals surface area contributed by atoms with Crippen molar-refractivity contribution in [2.45, 2.75) is 52.2 Å². The van der Waals surface area contributed by atoms with Crippen molar-refractivity contribution in [3.63, 3.8) is 0 Å². The highest BCUT2D eigenvalue weighted by Gasteiger charge is 2.45. The van der Waals surface area contributed by atoms with Crippen LogP contribution in [0.1, 0.15) is 40.0 Å². The van der Waals surface area contributed by atoms with Gasteiger partial charge >= 0.3 is 0 Å². The van der Waals surface area contributed by atoms with Crippen LogP contribution in [0.2, 0.25) is 0 Å².